The third-order valence-electron chi connectivity index (χ3n) is 5.30. The lowest BCUT2D eigenvalue weighted by Crippen LogP contribution is -2.43. The summed E-state index contributed by atoms with van der Waals surface area (Å²) in [6.45, 7) is 0.798. The molecule has 1 aliphatic carbocycles. The average molecular weight is 327 g/mol. The Morgan fingerprint density at radius 2 is 2.21 bits per heavy atom. The minimum absolute atomic E-state index is 0.0525. The molecule has 2 aromatic rings. The summed E-state index contributed by atoms with van der Waals surface area (Å²) in [5.41, 5.74) is 2.86. The number of hydrogen-bond donors (Lipinski definition) is 1. The Hall–Kier alpha value is -1.85. The maximum atomic E-state index is 5.97. The van der Waals surface area contributed by atoms with Crippen molar-refractivity contribution in [3.8, 4) is 5.75 Å². The number of nitrogens with zero attached hydrogens (tertiary/aromatic N) is 2. The van der Waals surface area contributed by atoms with Crippen LogP contribution in [0.5, 0.6) is 5.75 Å². The molecule has 1 aromatic carbocycles. The number of aromatic nitrogens is 2. The summed E-state index contributed by atoms with van der Waals surface area (Å²) in [6.07, 6.45) is 8.27. The standard InChI is InChI=1S/C19H25N3O2/c1-22-9-8-20-19(22)18-17(7-10-24-18)21-15-5-3-13-4-6-16(23-2)12-14(13)11-15/h4,6,8-9,12,15,17-18,21H,3,5,7,10-11H2,1-2H3/t15-,17-,18-/m0/s1. The molecule has 1 saturated heterocycles. The van der Waals surface area contributed by atoms with E-state index < -0.39 is 0 Å². The van der Waals surface area contributed by atoms with Crippen LogP contribution < -0.4 is 10.1 Å². The van der Waals surface area contributed by atoms with Crippen LogP contribution in [0.25, 0.3) is 0 Å². The summed E-state index contributed by atoms with van der Waals surface area (Å²) in [7, 11) is 3.76. The van der Waals surface area contributed by atoms with E-state index in [1.54, 1.807) is 7.11 Å². The first-order valence-corrected chi connectivity index (χ1v) is 8.75. The largest absolute Gasteiger partial charge is 0.497 e. The Kier molecular flexibility index (Phi) is 4.29. The van der Waals surface area contributed by atoms with Crippen LogP contribution in [0.4, 0.5) is 0 Å². The van der Waals surface area contributed by atoms with Gasteiger partial charge in [-0.25, -0.2) is 4.98 Å². The van der Waals surface area contributed by atoms with Gasteiger partial charge in [-0.3, -0.25) is 0 Å². The molecular formula is C19H25N3O2. The van der Waals surface area contributed by atoms with Gasteiger partial charge in [0, 0.05) is 38.1 Å². The van der Waals surface area contributed by atoms with Crippen molar-refractivity contribution in [2.24, 2.45) is 7.05 Å². The lowest BCUT2D eigenvalue weighted by molar-refractivity contribution is 0.0867. The van der Waals surface area contributed by atoms with E-state index >= 15 is 0 Å². The first-order valence-electron chi connectivity index (χ1n) is 8.75. The molecule has 1 aromatic heterocycles. The third kappa shape index (κ3) is 2.94. The normalized spacial score (nSPS) is 26.3. The van der Waals surface area contributed by atoms with Crippen molar-refractivity contribution in [2.45, 2.75) is 43.9 Å². The maximum Gasteiger partial charge on any atom is 0.139 e. The van der Waals surface area contributed by atoms with Crippen LogP contribution in [0.3, 0.4) is 0 Å². The van der Waals surface area contributed by atoms with Gasteiger partial charge < -0.3 is 19.4 Å². The molecule has 3 atom stereocenters. The Balaban J connectivity index is 1.46. The van der Waals surface area contributed by atoms with E-state index in [0.717, 1.165) is 37.4 Å². The minimum atomic E-state index is 0.0525. The Bertz CT molecular complexity index is 712. The number of nitrogens with one attached hydrogen (secondary N) is 1. The van der Waals surface area contributed by atoms with Crippen LogP contribution in [-0.4, -0.2) is 35.4 Å². The van der Waals surface area contributed by atoms with Crippen LogP contribution in [-0.2, 0) is 24.6 Å². The fraction of sp³-hybridized carbons (Fsp3) is 0.526. The van der Waals surface area contributed by atoms with Crippen molar-refractivity contribution in [2.75, 3.05) is 13.7 Å². The molecule has 4 rings (SSSR count). The van der Waals surface area contributed by atoms with Gasteiger partial charge >= 0.3 is 0 Å². The number of benzene rings is 1. The van der Waals surface area contributed by atoms with Crippen molar-refractivity contribution < 1.29 is 9.47 Å². The minimum Gasteiger partial charge on any atom is -0.497 e. The van der Waals surface area contributed by atoms with Gasteiger partial charge in [0.05, 0.1) is 7.11 Å². The molecule has 0 spiro atoms. The van der Waals surface area contributed by atoms with Crippen molar-refractivity contribution in [3.05, 3.63) is 47.5 Å². The van der Waals surface area contributed by atoms with Crippen LogP contribution >= 0.6 is 0 Å². The molecule has 2 heterocycles. The predicted molar refractivity (Wildman–Crippen MR) is 92.2 cm³/mol. The Labute approximate surface area is 143 Å². The number of methoxy groups -OCH3 is 1. The summed E-state index contributed by atoms with van der Waals surface area (Å²) in [6, 6.07) is 7.28. The van der Waals surface area contributed by atoms with E-state index in [9.17, 15) is 0 Å². The zero-order valence-electron chi connectivity index (χ0n) is 14.4. The summed E-state index contributed by atoms with van der Waals surface area (Å²) < 4.78 is 13.4. The molecule has 1 aliphatic heterocycles. The van der Waals surface area contributed by atoms with Crippen LogP contribution in [0.15, 0.2) is 30.6 Å². The topological polar surface area (TPSA) is 48.3 Å². The number of rotatable bonds is 4. The van der Waals surface area contributed by atoms with Crippen LogP contribution in [0.2, 0.25) is 0 Å². The number of hydrogen-bond acceptors (Lipinski definition) is 4. The van der Waals surface area contributed by atoms with E-state index in [4.69, 9.17) is 9.47 Å². The Morgan fingerprint density at radius 3 is 3.00 bits per heavy atom. The second-order valence-corrected chi connectivity index (χ2v) is 6.82. The Morgan fingerprint density at radius 1 is 1.29 bits per heavy atom. The van der Waals surface area contributed by atoms with Crippen molar-refractivity contribution in [3.63, 3.8) is 0 Å². The van der Waals surface area contributed by atoms with Gasteiger partial charge in [-0.1, -0.05) is 6.07 Å². The van der Waals surface area contributed by atoms with Crippen molar-refractivity contribution in [1.29, 1.82) is 0 Å². The molecule has 0 radical (unpaired) electrons. The highest BCUT2D eigenvalue weighted by atomic mass is 16.5. The van der Waals surface area contributed by atoms with Crippen LogP contribution in [0.1, 0.15) is 35.9 Å². The molecule has 0 bridgehead atoms. The van der Waals surface area contributed by atoms with Crippen LogP contribution in [0, 0.1) is 0 Å². The summed E-state index contributed by atoms with van der Waals surface area (Å²) in [5, 5.41) is 3.84. The fourth-order valence-electron chi connectivity index (χ4n) is 3.97. The quantitative estimate of drug-likeness (QED) is 0.937. The summed E-state index contributed by atoms with van der Waals surface area (Å²) >= 11 is 0. The van der Waals surface area contributed by atoms with Gasteiger partial charge in [0.1, 0.15) is 17.7 Å². The third-order valence-corrected chi connectivity index (χ3v) is 5.30. The number of ether oxygens (including phenoxy) is 2. The molecule has 5 nitrogen and oxygen atoms in total. The van der Waals surface area contributed by atoms with E-state index in [1.165, 1.54) is 17.5 Å². The van der Waals surface area contributed by atoms with Gasteiger partial charge in [0.25, 0.3) is 0 Å². The first-order chi connectivity index (χ1) is 11.7. The molecular weight excluding hydrogens is 302 g/mol. The highest BCUT2D eigenvalue weighted by molar-refractivity contribution is 5.38. The predicted octanol–water partition coefficient (Wildman–Crippen LogP) is 2.41. The van der Waals surface area contributed by atoms with Gasteiger partial charge in [0.15, 0.2) is 0 Å². The molecule has 0 saturated carbocycles. The van der Waals surface area contributed by atoms with Gasteiger partial charge in [-0.15, -0.1) is 0 Å². The van der Waals surface area contributed by atoms with Gasteiger partial charge in [0.2, 0.25) is 0 Å². The molecule has 0 amide bonds. The second-order valence-electron chi connectivity index (χ2n) is 6.82. The van der Waals surface area contributed by atoms with E-state index in [1.807, 2.05) is 19.4 Å². The second kappa shape index (κ2) is 6.57. The van der Waals surface area contributed by atoms with Crippen molar-refractivity contribution in [1.82, 2.24) is 14.9 Å². The highest BCUT2D eigenvalue weighted by Crippen LogP contribution is 2.31. The number of aryl methyl sites for hydroxylation is 2. The SMILES string of the molecule is COc1ccc2c(c1)C[C@@H](N[C@H]1CCO[C@@H]1c1nccn1C)CC2. The van der Waals surface area contributed by atoms with Crippen molar-refractivity contribution >= 4 is 0 Å². The fourth-order valence-corrected chi connectivity index (χ4v) is 3.97. The van der Waals surface area contributed by atoms with E-state index in [0.29, 0.717) is 12.1 Å². The lowest BCUT2D eigenvalue weighted by Gasteiger charge is -2.30. The molecule has 2 aliphatic rings. The molecule has 0 unspecified atom stereocenters. The van der Waals surface area contributed by atoms with Gasteiger partial charge in [-0.2, -0.15) is 0 Å². The molecule has 1 N–H and O–H groups in total. The van der Waals surface area contributed by atoms with E-state index in [2.05, 4.69) is 33.1 Å². The molecule has 24 heavy (non-hydrogen) atoms. The zero-order valence-corrected chi connectivity index (χ0v) is 14.4. The monoisotopic (exact) mass is 327 g/mol. The summed E-state index contributed by atoms with van der Waals surface area (Å²) in [5.74, 6) is 1.97. The highest BCUT2D eigenvalue weighted by Gasteiger charge is 2.34. The van der Waals surface area contributed by atoms with Gasteiger partial charge in [-0.05, 0) is 48.9 Å². The number of imidazole rings is 1. The number of fused-ring (bicyclic) bond motifs is 1. The zero-order chi connectivity index (χ0) is 16.5. The average Bonchev–Trinajstić information content (AvgIpc) is 3.22. The molecule has 5 heteroatoms. The first kappa shape index (κ1) is 15.7. The smallest absolute Gasteiger partial charge is 0.139 e. The lowest BCUT2D eigenvalue weighted by atomic mass is 9.87. The molecule has 128 valence electrons. The summed E-state index contributed by atoms with van der Waals surface area (Å²) in [4.78, 5) is 4.48. The van der Waals surface area contributed by atoms with E-state index in [-0.39, 0.29) is 6.10 Å². The molecule has 1 fully saturated rings. The maximum absolute atomic E-state index is 5.97.